The molecule has 0 aliphatic heterocycles. The number of phosphoric acid groups is 1. The van der Waals surface area contributed by atoms with Gasteiger partial charge in [0.15, 0.2) is 6.10 Å². The maximum Gasteiger partial charge on any atom is 0.306 e. The fourth-order valence-corrected chi connectivity index (χ4v) is 12.6. The van der Waals surface area contributed by atoms with Crippen molar-refractivity contribution in [2.75, 3.05) is 47.5 Å². The van der Waals surface area contributed by atoms with Crippen LogP contribution < -0.4 is 4.89 Å². The lowest BCUT2D eigenvalue weighted by atomic mass is 10.0. The normalized spacial score (nSPS) is 13.7. The maximum atomic E-state index is 12.9. The fourth-order valence-electron chi connectivity index (χ4n) is 11.9. The van der Waals surface area contributed by atoms with Crippen LogP contribution in [0.4, 0.5) is 0 Å². The minimum absolute atomic E-state index is 0.0391. The van der Waals surface area contributed by atoms with Gasteiger partial charge in [0.05, 0.1) is 27.7 Å². The molecule has 10 heteroatoms. The Labute approximate surface area is 631 Å². The molecule has 0 aliphatic rings. The zero-order chi connectivity index (χ0) is 74.0. The number of carbonyl (C=O) groups is 2. The predicted octanol–water partition coefficient (Wildman–Crippen LogP) is 28.2. The monoisotopic (exact) mass is 1440 g/mol. The van der Waals surface area contributed by atoms with Gasteiger partial charge in [0, 0.05) is 12.8 Å². The summed E-state index contributed by atoms with van der Waals surface area (Å²) in [6.45, 7) is 4.13. The third kappa shape index (κ3) is 84.8. The molecule has 0 amide bonds. The molecule has 586 valence electrons. The second kappa shape index (κ2) is 81.0. The summed E-state index contributed by atoms with van der Waals surface area (Å²) in [5.41, 5.74) is 0. The smallest absolute Gasteiger partial charge is 0.306 e. The molecule has 0 N–H and O–H groups in total. The third-order valence-corrected chi connectivity index (χ3v) is 19.3. The van der Waals surface area contributed by atoms with E-state index in [-0.39, 0.29) is 32.0 Å². The second-order valence-electron chi connectivity index (χ2n) is 29.5. The topological polar surface area (TPSA) is 111 Å². The number of nitrogens with zero attached hydrogens (tertiary/aromatic N) is 1. The van der Waals surface area contributed by atoms with Crippen molar-refractivity contribution in [2.45, 2.75) is 380 Å². The Kier molecular flexibility index (Phi) is 77.7. The van der Waals surface area contributed by atoms with Gasteiger partial charge in [-0.05, 0) is 122 Å². The summed E-state index contributed by atoms with van der Waals surface area (Å²) in [4.78, 5) is 38.2. The van der Waals surface area contributed by atoms with Crippen LogP contribution in [0, 0.1) is 0 Å². The molecule has 0 saturated heterocycles. The minimum Gasteiger partial charge on any atom is -0.756 e. The van der Waals surface area contributed by atoms with E-state index in [0.29, 0.717) is 17.4 Å². The predicted molar refractivity (Wildman–Crippen MR) is 443 cm³/mol. The van der Waals surface area contributed by atoms with Gasteiger partial charge in [0.1, 0.15) is 19.8 Å². The summed E-state index contributed by atoms with van der Waals surface area (Å²) in [6.07, 6.45) is 120. The third-order valence-electron chi connectivity index (χ3n) is 18.3. The summed E-state index contributed by atoms with van der Waals surface area (Å²) in [7, 11) is 1.15. The molecular weight excluding hydrogens is 1280 g/mol. The summed E-state index contributed by atoms with van der Waals surface area (Å²) in [5, 5.41) is 0. The number of allylic oxidation sites excluding steroid dienone is 24. The van der Waals surface area contributed by atoms with Crippen molar-refractivity contribution in [1.82, 2.24) is 0 Å². The van der Waals surface area contributed by atoms with Crippen LogP contribution in [0.3, 0.4) is 0 Å². The highest BCUT2D eigenvalue weighted by molar-refractivity contribution is 7.45. The molecule has 0 saturated carbocycles. The molecule has 0 aromatic carbocycles. The Morgan fingerprint density at radius 2 is 0.559 bits per heavy atom. The number of ether oxygens (including phenoxy) is 2. The molecule has 0 aliphatic carbocycles. The van der Waals surface area contributed by atoms with Gasteiger partial charge < -0.3 is 27.9 Å². The summed E-state index contributed by atoms with van der Waals surface area (Å²) < 4.78 is 34.4. The molecule has 0 radical (unpaired) electrons. The summed E-state index contributed by atoms with van der Waals surface area (Å²) in [6, 6.07) is 0. The van der Waals surface area contributed by atoms with E-state index in [1.807, 2.05) is 21.1 Å². The number of unbranched alkanes of at least 4 members (excludes halogenated alkanes) is 40. The average Bonchev–Trinajstić information content (AvgIpc) is 0.913. The van der Waals surface area contributed by atoms with Crippen LogP contribution in [0.1, 0.15) is 373 Å². The lowest BCUT2D eigenvalue weighted by Crippen LogP contribution is -2.37. The zero-order valence-electron chi connectivity index (χ0n) is 67.0. The number of hydrogen-bond acceptors (Lipinski definition) is 8. The Bertz CT molecular complexity index is 2240. The van der Waals surface area contributed by atoms with Crippen LogP contribution in [0.2, 0.25) is 0 Å². The van der Waals surface area contributed by atoms with Gasteiger partial charge in [-0.3, -0.25) is 14.2 Å². The van der Waals surface area contributed by atoms with E-state index in [0.717, 1.165) is 128 Å². The van der Waals surface area contributed by atoms with Crippen LogP contribution in [-0.4, -0.2) is 70.0 Å². The summed E-state index contributed by atoms with van der Waals surface area (Å²) >= 11 is 0. The van der Waals surface area contributed by atoms with Crippen molar-refractivity contribution >= 4 is 19.8 Å². The van der Waals surface area contributed by atoms with Crippen molar-refractivity contribution in [3.63, 3.8) is 0 Å². The Hall–Kier alpha value is -4.11. The van der Waals surface area contributed by atoms with Gasteiger partial charge in [-0.1, -0.05) is 384 Å². The van der Waals surface area contributed by atoms with Crippen molar-refractivity contribution < 1.29 is 42.1 Å². The molecule has 9 nitrogen and oxygen atoms in total. The number of hydrogen-bond donors (Lipinski definition) is 0. The lowest BCUT2D eigenvalue weighted by Gasteiger charge is -2.28. The first-order valence-electron chi connectivity index (χ1n) is 42.5. The fraction of sp³-hybridized carbons (Fsp3) is 0.717. The maximum absolute atomic E-state index is 12.9. The Morgan fingerprint density at radius 1 is 0.314 bits per heavy atom. The van der Waals surface area contributed by atoms with Crippen molar-refractivity contribution in [3.8, 4) is 0 Å². The van der Waals surface area contributed by atoms with Crippen LogP contribution in [-0.2, 0) is 32.7 Å². The molecular formula is C92H160NO8P. The average molecular weight is 1440 g/mol. The molecule has 0 heterocycles. The van der Waals surface area contributed by atoms with E-state index < -0.39 is 26.5 Å². The summed E-state index contributed by atoms with van der Waals surface area (Å²) in [5.74, 6) is -0.845. The standard InChI is InChI=1S/C92H160NO8P/c1-6-8-10-12-14-16-18-20-22-24-26-28-30-32-34-36-38-40-42-44-45-46-47-49-50-52-54-56-58-60-62-64-66-68-70-72-74-76-78-80-82-84-91(94)98-88-90(89-100-102(96,97)99-87-86-93(3,4)5)101-92(95)85-83-81-79-77-75-73-71-69-67-65-63-61-59-57-55-53-51-48-43-41-39-37-35-33-31-29-27-25-23-21-19-17-15-13-11-9-7-2/h9,11,15,17-18,20-21,23-24,26-27,29,33,35,39,41,48,51,55,57,61,63,67,69,90H,6-8,10,12-14,16,19,22,25,28,30-32,34,36-38,40,42-47,49-50,52-54,56,58-60,62,64-66,68,70-89H2,1-5H3/b11-9-,17-15-,20-18-,23-21-,26-24-,29-27-,35-33-,41-39-,51-48-,57-55-,63-61-,69-67-. The van der Waals surface area contributed by atoms with Crippen molar-refractivity contribution in [1.29, 1.82) is 0 Å². The first-order chi connectivity index (χ1) is 50.0. The lowest BCUT2D eigenvalue weighted by molar-refractivity contribution is -0.870. The number of likely N-dealkylation sites (N-methyl/N-ethyl adjacent to an activating group) is 1. The number of carbonyl (C=O) groups excluding carboxylic acids is 2. The molecule has 0 aromatic rings. The Morgan fingerprint density at radius 3 is 0.833 bits per heavy atom. The van der Waals surface area contributed by atoms with E-state index in [1.54, 1.807) is 0 Å². The Balaban J connectivity index is 3.98. The minimum atomic E-state index is -4.66. The highest BCUT2D eigenvalue weighted by atomic mass is 31.2. The molecule has 0 fully saturated rings. The highest BCUT2D eigenvalue weighted by Crippen LogP contribution is 2.38. The molecule has 0 aromatic heterocycles. The van der Waals surface area contributed by atoms with Crippen molar-refractivity contribution in [2.24, 2.45) is 0 Å². The van der Waals surface area contributed by atoms with Gasteiger partial charge in [0.25, 0.3) is 7.82 Å². The first-order valence-corrected chi connectivity index (χ1v) is 44.0. The van der Waals surface area contributed by atoms with Gasteiger partial charge >= 0.3 is 11.9 Å². The number of phosphoric ester groups is 1. The van der Waals surface area contributed by atoms with E-state index in [1.165, 1.54) is 212 Å². The number of rotatable bonds is 78. The quantitative estimate of drug-likeness (QED) is 0.0195. The van der Waals surface area contributed by atoms with Crippen LogP contribution in [0.5, 0.6) is 0 Å². The molecule has 0 bridgehead atoms. The van der Waals surface area contributed by atoms with Gasteiger partial charge in [-0.15, -0.1) is 0 Å². The molecule has 0 spiro atoms. The second-order valence-corrected chi connectivity index (χ2v) is 30.9. The van der Waals surface area contributed by atoms with Gasteiger partial charge in [-0.2, -0.15) is 0 Å². The SMILES string of the molecule is CC/C=C\C/C=C\C/C=C\C/C=C\C/C=C\C/C=C\C/C=C\C/C=C\C/C=C\C/C=C\CCCCCCCCC(=O)OC(COC(=O)CCCCCCCCCCCCCCCCCCCCCCCCCCCCCCC/C=C\C/C=C\CCCCCCC)COP(=O)([O-])OCC[N+](C)(C)C. The number of quaternary nitrogens is 1. The largest absolute Gasteiger partial charge is 0.756 e. The van der Waals surface area contributed by atoms with Gasteiger partial charge in [-0.25, -0.2) is 0 Å². The van der Waals surface area contributed by atoms with E-state index in [2.05, 4.69) is 160 Å². The van der Waals surface area contributed by atoms with Crippen molar-refractivity contribution in [3.05, 3.63) is 146 Å². The number of esters is 2. The van der Waals surface area contributed by atoms with Crippen LogP contribution in [0.25, 0.3) is 0 Å². The molecule has 102 heavy (non-hydrogen) atoms. The van der Waals surface area contributed by atoms with Gasteiger partial charge in [0.2, 0.25) is 0 Å². The van der Waals surface area contributed by atoms with E-state index in [4.69, 9.17) is 18.5 Å². The first kappa shape index (κ1) is 97.9. The molecule has 2 atom stereocenters. The zero-order valence-corrected chi connectivity index (χ0v) is 67.9. The van der Waals surface area contributed by atoms with E-state index >= 15 is 0 Å². The van der Waals surface area contributed by atoms with E-state index in [9.17, 15) is 19.0 Å². The highest BCUT2D eigenvalue weighted by Gasteiger charge is 2.22. The molecule has 2 unspecified atom stereocenters. The van der Waals surface area contributed by atoms with Crippen LogP contribution >= 0.6 is 7.82 Å². The van der Waals surface area contributed by atoms with Crippen LogP contribution in [0.15, 0.2) is 146 Å². The molecule has 0 rings (SSSR count).